The molecule has 0 aromatic rings. The van der Waals surface area contributed by atoms with Crippen molar-refractivity contribution >= 4 is 0 Å². The van der Waals surface area contributed by atoms with E-state index in [1.165, 1.54) is 0 Å². The lowest BCUT2D eigenvalue weighted by Gasteiger charge is -2.38. The fourth-order valence-electron chi connectivity index (χ4n) is 0.390. The molecule has 0 saturated heterocycles. The summed E-state index contributed by atoms with van der Waals surface area (Å²) in [6.07, 6.45) is 0. The Morgan fingerprint density at radius 3 is 1.70 bits per heavy atom. The third-order valence-corrected chi connectivity index (χ3v) is 2.29. The second kappa shape index (κ2) is 2.86. The molecule has 0 aliphatic carbocycles. The molecule has 0 aliphatic rings. The third-order valence-electron chi connectivity index (χ3n) is 2.29. The molecule has 62 valence electrons. The van der Waals surface area contributed by atoms with Gasteiger partial charge in [-0.05, 0) is 27.7 Å². The molecule has 0 aromatic heterocycles. The Bertz CT molecular complexity index is 96.2. The number of hydrogen-bond donors (Lipinski definition) is 2. The highest BCUT2D eigenvalue weighted by molar-refractivity contribution is 4.92. The van der Waals surface area contributed by atoms with Gasteiger partial charge >= 0.3 is 0 Å². The summed E-state index contributed by atoms with van der Waals surface area (Å²) in [6.45, 7) is 7.57. The lowest BCUT2D eigenvalue weighted by Crippen LogP contribution is -2.55. The Morgan fingerprint density at radius 1 is 1.20 bits per heavy atom. The van der Waals surface area contributed by atoms with Gasteiger partial charge in [0.1, 0.15) is 0 Å². The van der Waals surface area contributed by atoms with Crippen LogP contribution in [0, 0.1) is 0 Å². The second-order valence-electron chi connectivity index (χ2n) is 3.45. The van der Waals surface area contributed by atoms with E-state index in [0.717, 1.165) is 0 Å². The Morgan fingerprint density at radius 2 is 1.60 bits per heavy atom. The maximum atomic E-state index is 8.73. The fourth-order valence-corrected chi connectivity index (χ4v) is 0.390. The zero-order valence-corrected chi connectivity index (χ0v) is 7.36. The number of rotatable bonds is 3. The molecule has 0 amide bonds. The van der Waals surface area contributed by atoms with Gasteiger partial charge < -0.3 is 9.94 Å². The summed E-state index contributed by atoms with van der Waals surface area (Å²) in [7, 11) is 1.62. The maximum absolute atomic E-state index is 8.73. The molecule has 10 heavy (non-hydrogen) atoms. The predicted octanol–water partition coefficient (Wildman–Crippen LogP) is 1.17. The number of hydroxylamine groups is 1. The van der Waals surface area contributed by atoms with Crippen LogP contribution in [0.5, 0.6) is 0 Å². The zero-order valence-electron chi connectivity index (χ0n) is 7.36. The summed E-state index contributed by atoms with van der Waals surface area (Å²) in [6, 6.07) is 0. The van der Waals surface area contributed by atoms with Gasteiger partial charge in [0.2, 0.25) is 0 Å². The van der Waals surface area contributed by atoms with Crippen LogP contribution in [0.25, 0.3) is 0 Å². The van der Waals surface area contributed by atoms with Crippen LogP contribution in [0.15, 0.2) is 0 Å². The molecule has 0 heterocycles. The van der Waals surface area contributed by atoms with Crippen LogP contribution in [0.1, 0.15) is 27.7 Å². The van der Waals surface area contributed by atoms with Gasteiger partial charge in [0, 0.05) is 7.11 Å². The van der Waals surface area contributed by atoms with E-state index in [-0.39, 0.29) is 5.60 Å². The van der Waals surface area contributed by atoms with Gasteiger partial charge in [-0.1, -0.05) is 0 Å². The first-order chi connectivity index (χ1) is 4.37. The average Bonchev–Trinajstić information content (AvgIpc) is 1.88. The van der Waals surface area contributed by atoms with Crippen molar-refractivity contribution in [1.82, 2.24) is 5.48 Å². The van der Waals surface area contributed by atoms with Gasteiger partial charge in [0.05, 0.1) is 11.1 Å². The van der Waals surface area contributed by atoms with E-state index >= 15 is 0 Å². The van der Waals surface area contributed by atoms with Crippen LogP contribution in [0.4, 0.5) is 0 Å². The smallest absolute Gasteiger partial charge is 0.0820 e. The van der Waals surface area contributed by atoms with E-state index in [4.69, 9.17) is 9.94 Å². The minimum atomic E-state index is -0.429. The fraction of sp³-hybridized carbons (Fsp3) is 1.00. The van der Waals surface area contributed by atoms with Crippen molar-refractivity contribution < 1.29 is 9.94 Å². The van der Waals surface area contributed by atoms with Crippen LogP contribution >= 0.6 is 0 Å². The number of methoxy groups -OCH3 is 1. The second-order valence-corrected chi connectivity index (χ2v) is 3.45. The summed E-state index contributed by atoms with van der Waals surface area (Å²) in [5, 5.41) is 8.73. The molecule has 0 unspecified atom stereocenters. The largest absolute Gasteiger partial charge is 0.377 e. The number of nitrogens with one attached hydrogen (secondary N) is 1. The Labute approximate surface area is 62.3 Å². The van der Waals surface area contributed by atoms with Gasteiger partial charge in [-0.3, -0.25) is 0 Å². The van der Waals surface area contributed by atoms with Gasteiger partial charge in [-0.25, -0.2) is 0 Å². The van der Waals surface area contributed by atoms with E-state index in [9.17, 15) is 0 Å². The highest BCUT2D eigenvalue weighted by Crippen LogP contribution is 2.23. The molecular weight excluding hydrogens is 130 g/mol. The van der Waals surface area contributed by atoms with Crippen LogP contribution in [0.2, 0.25) is 0 Å². The summed E-state index contributed by atoms with van der Waals surface area (Å²) >= 11 is 0. The van der Waals surface area contributed by atoms with E-state index in [0.29, 0.717) is 0 Å². The summed E-state index contributed by atoms with van der Waals surface area (Å²) in [5.74, 6) is 0. The SMILES string of the molecule is COC(C)(C)C(C)(C)NO. The number of ether oxygens (including phenoxy) is 1. The molecule has 0 fully saturated rings. The predicted molar refractivity (Wildman–Crippen MR) is 40.1 cm³/mol. The van der Waals surface area contributed by atoms with Crippen molar-refractivity contribution in [2.75, 3.05) is 7.11 Å². The van der Waals surface area contributed by atoms with E-state index in [1.54, 1.807) is 7.11 Å². The molecule has 0 radical (unpaired) electrons. The van der Waals surface area contributed by atoms with Crippen molar-refractivity contribution in [2.45, 2.75) is 38.8 Å². The molecular formula is C7H17NO2. The van der Waals surface area contributed by atoms with E-state index in [2.05, 4.69) is 5.48 Å². The van der Waals surface area contributed by atoms with E-state index < -0.39 is 5.54 Å². The van der Waals surface area contributed by atoms with Crippen molar-refractivity contribution in [3.8, 4) is 0 Å². The average molecular weight is 147 g/mol. The Balaban J connectivity index is 4.28. The van der Waals surface area contributed by atoms with Crippen LogP contribution in [-0.4, -0.2) is 23.5 Å². The van der Waals surface area contributed by atoms with Gasteiger partial charge in [-0.2, -0.15) is 5.48 Å². The molecule has 0 spiro atoms. The molecule has 0 aromatic carbocycles. The van der Waals surface area contributed by atoms with E-state index in [1.807, 2.05) is 27.7 Å². The lowest BCUT2D eigenvalue weighted by atomic mass is 9.87. The van der Waals surface area contributed by atoms with Crippen molar-refractivity contribution in [3.05, 3.63) is 0 Å². The number of hydrogen-bond acceptors (Lipinski definition) is 3. The summed E-state index contributed by atoms with van der Waals surface area (Å²) in [4.78, 5) is 0. The Kier molecular flexibility index (Phi) is 2.83. The first-order valence-corrected chi connectivity index (χ1v) is 3.34. The Hall–Kier alpha value is -0.120. The van der Waals surface area contributed by atoms with Crippen molar-refractivity contribution in [3.63, 3.8) is 0 Å². The molecule has 0 atom stereocenters. The monoisotopic (exact) mass is 147 g/mol. The van der Waals surface area contributed by atoms with Crippen LogP contribution in [-0.2, 0) is 4.74 Å². The van der Waals surface area contributed by atoms with Crippen molar-refractivity contribution in [2.24, 2.45) is 0 Å². The highest BCUT2D eigenvalue weighted by atomic mass is 16.5. The lowest BCUT2D eigenvalue weighted by molar-refractivity contribution is -0.0893. The van der Waals surface area contributed by atoms with Crippen molar-refractivity contribution in [1.29, 1.82) is 0 Å². The molecule has 0 rings (SSSR count). The van der Waals surface area contributed by atoms with Gasteiger partial charge in [-0.15, -0.1) is 0 Å². The first-order valence-electron chi connectivity index (χ1n) is 3.34. The molecule has 3 nitrogen and oxygen atoms in total. The maximum Gasteiger partial charge on any atom is 0.0820 e. The normalized spacial score (nSPS) is 13.8. The minimum Gasteiger partial charge on any atom is -0.377 e. The quantitative estimate of drug-likeness (QED) is 0.589. The first kappa shape index (κ1) is 9.88. The minimum absolute atomic E-state index is 0.373. The summed E-state index contributed by atoms with van der Waals surface area (Å²) < 4.78 is 5.17. The van der Waals surface area contributed by atoms with Gasteiger partial charge in [0.25, 0.3) is 0 Å². The zero-order chi connectivity index (χ0) is 8.41. The van der Waals surface area contributed by atoms with Gasteiger partial charge in [0.15, 0.2) is 0 Å². The molecule has 3 heteroatoms. The van der Waals surface area contributed by atoms with Crippen LogP contribution in [0.3, 0.4) is 0 Å². The standard InChI is InChI=1S/C7H17NO2/c1-6(2,8-9)7(3,4)10-5/h8-9H,1-5H3. The topological polar surface area (TPSA) is 41.5 Å². The molecule has 0 bridgehead atoms. The van der Waals surface area contributed by atoms with Crippen LogP contribution < -0.4 is 5.48 Å². The molecule has 2 N–H and O–H groups in total. The summed E-state index contributed by atoms with van der Waals surface area (Å²) in [5.41, 5.74) is 1.41. The third kappa shape index (κ3) is 1.68. The molecule has 0 saturated carbocycles. The highest BCUT2D eigenvalue weighted by Gasteiger charge is 2.36. The molecule has 0 aliphatic heterocycles.